The highest BCUT2D eigenvalue weighted by atomic mass is 35.5. The van der Waals surface area contributed by atoms with Gasteiger partial charge in [-0.05, 0) is 62.8 Å². The number of likely N-dealkylation sites (N-methyl/N-ethyl adjacent to an activating group) is 1. The molecule has 1 atom stereocenters. The molecule has 2 rings (SSSR count). The van der Waals surface area contributed by atoms with Crippen LogP contribution < -0.4 is 5.32 Å². The van der Waals surface area contributed by atoms with Gasteiger partial charge in [0.2, 0.25) is 0 Å². The second kappa shape index (κ2) is 8.11. The molecule has 1 aromatic carbocycles. The molecular weight excluding hydrogens is 289 g/mol. The van der Waals surface area contributed by atoms with Gasteiger partial charge in [-0.15, -0.1) is 0 Å². The second-order valence-corrected chi connectivity index (χ2v) is 6.25. The summed E-state index contributed by atoms with van der Waals surface area (Å²) in [7, 11) is 0. The third-order valence-electron chi connectivity index (χ3n) is 4.19. The molecule has 0 aromatic heterocycles. The standard InChI is InChI=1S/C17H25ClFNO/c1-3-20-15(7-12-8-16(9-12)21-4-2)10-13-5-6-14(19)11-17(13)18/h5-6,11-12,15-16,20H,3-4,7-10H2,1-2H3. The van der Waals surface area contributed by atoms with Crippen molar-refractivity contribution in [3.63, 3.8) is 0 Å². The Morgan fingerprint density at radius 2 is 2.14 bits per heavy atom. The summed E-state index contributed by atoms with van der Waals surface area (Å²) in [5.41, 5.74) is 1.02. The predicted octanol–water partition coefficient (Wildman–Crippen LogP) is 4.20. The lowest BCUT2D eigenvalue weighted by molar-refractivity contribution is -0.0289. The van der Waals surface area contributed by atoms with Gasteiger partial charge in [0, 0.05) is 17.7 Å². The van der Waals surface area contributed by atoms with Crippen molar-refractivity contribution >= 4 is 11.6 Å². The van der Waals surface area contributed by atoms with Crippen molar-refractivity contribution in [1.29, 1.82) is 0 Å². The van der Waals surface area contributed by atoms with Crippen LogP contribution in [-0.2, 0) is 11.2 Å². The van der Waals surface area contributed by atoms with Gasteiger partial charge in [-0.2, -0.15) is 0 Å². The first-order chi connectivity index (χ1) is 10.1. The van der Waals surface area contributed by atoms with E-state index in [1.165, 1.54) is 12.1 Å². The molecule has 118 valence electrons. The molecule has 0 heterocycles. The molecule has 4 heteroatoms. The van der Waals surface area contributed by atoms with Gasteiger partial charge in [-0.3, -0.25) is 0 Å². The highest BCUT2D eigenvalue weighted by molar-refractivity contribution is 6.31. The van der Waals surface area contributed by atoms with Crippen molar-refractivity contribution in [3.05, 3.63) is 34.6 Å². The Morgan fingerprint density at radius 3 is 2.76 bits per heavy atom. The van der Waals surface area contributed by atoms with Crippen LogP contribution in [0.3, 0.4) is 0 Å². The molecule has 21 heavy (non-hydrogen) atoms. The second-order valence-electron chi connectivity index (χ2n) is 5.84. The fourth-order valence-corrected chi connectivity index (χ4v) is 3.37. The Bertz CT molecular complexity index is 448. The molecule has 1 aromatic rings. The molecule has 1 fully saturated rings. The lowest BCUT2D eigenvalue weighted by Gasteiger charge is -2.37. The van der Waals surface area contributed by atoms with E-state index in [4.69, 9.17) is 16.3 Å². The van der Waals surface area contributed by atoms with Gasteiger partial charge in [-0.25, -0.2) is 4.39 Å². The molecule has 0 amide bonds. The van der Waals surface area contributed by atoms with Crippen LogP contribution in [0.15, 0.2) is 18.2 Å². The highest BCUT2D eigenvalue weighted by Crippen LogP contribution is 2.34. The molecule has 0 saturated heterocycles. The lowest BCUT2D eigenvalue weighted by atomic mass is 9.77. The zero-order valence-electron chi connectivity index (χ0n) is 12.9. The molecule has 1 aliphatic carbocycles. The maximum atomic E-state index is 13.1. The summed E-state index contributed by atoms with van der Waals surface area (Å²) in [6, 6.07) is 5.07. The number of hydrogen-bond donors (Lipinski definition) is 1. The van der Waals surface area contributed by atoms with E-state index in [9.17, 15) is 4.39 Å². The zero-order chi connectivity index (χ0) is 15.2. The molecule has 0 spiro atoms. The summed E-state index contributed by atoms with van der Waals surface area (Å²) in [4.78, 5) is 0. The van der Waals surface area contributed by atoms with Crippen molar-refractivity contribution < 1.29 is 9.13 Å². The number of ether oxygens (including phenoxy) is 1. The van der Waals surface area contributed by atoms with Crippen molar-refractivity contribution in [2.45, 2.75) is 51.7 Å². The summed E-state index contributed by atoms with van der Waals surface area (Å²) in [6.07, 6.45) is 4.75. The molecule has 1 N–H and O–H groups in total. The van der Waals surface area contributed by atoms with E-state index in [1.807, 2.05) is 6.92 Å². The fraction of sp³-hybridized carbons (Fsp3) is 0.647. The van der Waals surface area contributed by atoms with Crippen LogP contribution in [0.5, 0.6) is 0 Å². The minimum absolute atomic E-state index is 0.276. The molecule has 0 radical (unpaired) electrons. The number of hydrogen-bond acceptors (Lipinski definition) is 2. The van der Waals surface area contributed by atoms with E-state index < -0.39 is 0 Å². The van der Waals surface area contributed by atoms with E-state index in [0.29, 0.717) is 17.2 Å². The molecule has 1 unspecified atom stereocenters. The Hall–Kier alpha value is -0.640. The molecule has 1 aliphatic rings. The Balaban J connectivity index is 1.87. The van der Waals surface area contributed by atoms with Gasteiger partial charge in [-0.1, -0.05) is 24.6 Å². The zero-order valence-corrected chi connectivity index (χ0v) is 13.6. The summed E-state index contributed by atoms with van der Waals surface area (Å²) in [5.74, 6) is 0.451. The van der Waals surface area contributed by atoms with Crippen LogP contribution in [-0.4, -0.2) is 25.3 Å². The van der Waals surface area contributed by atoms with Crippen molar-refractivity contribution in [1.82, 2.24) is 5.32 Å². The van der Waals surface area contributed by atoms with E-state index in [2.05, 4.69) is 12.2 Å². The van der Waals surface area contributed by atoms with Gasteiger partial charge < -0.3 is 10.1 Å². The smallest absolute Gasteiger partial charge is 0.124 e. The molecular formula is C17H25ClFNO. The molecule has 0 bridgehead atoms. The Labute approximate surface area is 132 Å². The van der Waals surface area contributed by atoms with Gasteiger partial charge in [0.05, 0.1) is 6.10 Å². The minimum Gasteiger partial charge on any atom is -0.378 e. The largest absolute Gasteiger partial charge is 0.378 e. The quantitative estimate of drug-likeness (QED) is 0.776. The summed E-state index contributed by atoms with van der Waals surface area (Å²) in [5, 5.41) is 4.05. The average Bonchev–Trinajstić information content (AvgIpc) is 2.39. The monoisotopic (exact) mass is 313 g/mol. The molecule has 1 saturated carbocycles. The highest BCUT2D eigenvalue weighted by Gasteiger charge is 2.31. The van der Waals surface area contributed by atoms with Crippen molar-refractivity contribution in [2.24, 2.45) is 5.92 Å². The van der Waals surface area contributed by atoms with Gasteiger partial charge >= 0.3 is 0 Å². The first-order valence-electron chi connectivity index (χ1n) is 7.91. The topological polar surface area (TPSA) is 21.3 Å². The van der Waals surface area contributed by atoms with Gasteiger partial charge in [0.1, 0.15) is 5.82 Å². The number of halogens is 2. The summed E-state index contributed by atoms with van der Waals surface area (Å²) in [6.45, 7) is 5.90. The summed E-state index contributed by atoms with van der Waals surface area (Å²) >= 11 is 6.13. The van der Waals surface area contributed by atoms with E-state index in [-0.39, 0.29) is 5.82 Å². The third-order valence-corrected chi connectivity index (χ3v) is 4.54. The van der Waals surface area contributed by atoms with Crippen molar-refractivity contribution in [3.8, 4) is 0 Å². The number of nitrogens with one attached hydrogen (secondary N) is 1. The van der Waals surface area contributed by atoms with E-state index in [0.717, 1.165) is 50.3 Å². The SMILES string of the molecule is CCNC(Cc1ccc(F)cc1Cl)CC1CC(OCC)C1. The first-order valence-corrected chi connectivity index (χ1v) is 8.29. The average molecular weight is 314 g/mol. The third kappa shape index (κ3) is 4.94. The predicted molar refractivity (Wildman–Crippen MR) is 85.3 cm³/mol. The first kappa shape index (κ1) is 16.7. The van der Waals surface area contributed by atoms with Crippen LogP contribution in [0, 0.1) is 11.7 Å². The minimum atomic E-state index is -0.276. The Kier molecular flexibility index (Phi) is 6.46. The van der Waals surface area contributed by atoms with Crippen LogP contribution in [0.1, 0.15) is 38.7 Å². The molecule has 0 aliphatic heterocycles. The van der Waals surface area contributed by atoms with Gasteiger partial charge in [0.25, 0.3) is 0 Å². The van der Waals surface area contributed by atoms with E-state index in [1.54, 1.807) is 6.07 Å². The van der Waals surface area contributed by atoms with Crippen molar-refractivity contribution in [2.75, 3.05) is 13.2 Å². The molecule has 2 nitrogen and oxygen atoms in total. The number of benzene rings is 1. The normalized spacial score (nSPS) is 22.9. The van der Waals surface area contributed by atoms with Crippen LogP contribution in [0.25, 0.3) is 0 Å². The maximum absolute atomic E-state index is 13.1. The fourth-order valence-electron chi connectivity index (χ4n) is 3.12. The summed E-state index contributed by atoms with van der Waals surface area (Å²) < 4.78 is 18.7. The van der Waals surface area contributed by atoms with Crippen LogP contribution in [0.2, 0.25) is 5.02 Å². The lowest BCUT2D eigenvalue weighted by Crippen LogP contribution is -2.39. The van der Waals surface area contributed by atoms with Crippen LogP contribution >= 0.6 is 11.6 Å². The maximum Gasteiger partial charge on any atom is 0.124 e. The number of rotatable bonds is 8. The Morgan fingerprint density at radius 1 is 1.38 bits per heavy atom. The van der Waals surface area contributed by atoms with E-state index >= 15 is 0 Å². The van der Waals surface area contributed by atoms with Gasteiger partial charge in [0.15, 0.2) is 0 Å². The van der Waals surface area contributed by atoms with Crippen LogP contribution in [0.4, 0.5) is 4.39 Å².